The first kappa shape index (κ1) is 21.4. The monoisotopic (exact) mass is 406 g/mol. The van der Waals surface area contributed by atoms with E-state index in [0.717, 1.165) is 12.8 Å². The number of aryl methyl sites for hydroxylation is 2. The van der Waals surface area contributed by atoms with Gasteiger partial charge in [-0.3, -0.25) is 14.8 Å². The molecule has 0 radical (unpaired) electrons. The molecule has 9 heteroatoms. The van der Waals surface area contributed by atoms with Gasteiger partial charge in [0.2, 0.25) is 6.10 Å². The second kappa shape index (κ2) is 9.89. The quantitative estimate of drug-likeness (QED) is 0.688. The summed E-state index contributed by atoms with van der Waals surface area (Å²) in [6.45, 7) is 4.25. The molecule has 2 aromatic rings. The van der Waals surface area contributed by atoms with Crippen LogP contribution in [0, 0.1) is 6.92 Å². The summed E-state index contributed by atoms with van der Waals surface area (Å²) in [7, 11) is 1.37. The van der Waals surface area contributed by atoms with Crippen LogP contribution in [0.5, 0.6) is 0 Å². The van der Waals surface area contributed by atoms with Crippen LogP contribution in [0.4, 0.5) is 4.79 Å². The minimum atomic E-state index is -1.32. The highest BCUT2D eigenvalue weighted by Gasteiger charge is 2.30. The number of unbranched alkanes of at least 4 members (excludes halogenated alkanes) is 1. The van der Waals surface area contributed by atoms with E-state index in [9.17, 15) is 14.4 Å². The molecule has 1 heterocycles. The zero-order valence-corrected chi connectivity index (χ0v) is 16.7. The third-order valence-electron chi connectivity index (χ3n) is 4.02. The van der Waals surface area contributed by atoms with Crippen molar-refractivity contribution in [1.82, 2.24) is 20.4 Å². The predicted molar refractivity (Wildman–Crippen MR) is 104 cm³/mol. The Hall–Kier alpha value is -2.87. The second-order valence-electron chi connectivity index (χ2n) is 6.09. The van der Waals surface area contributed by atoms with E-state index < -0.39 is 24.0 Å². The number of rotatable bonds is 7. The van der Waals surface area contributed by atoms with E-state index in [1.165, 1.54) is 7.05 Å². The number of urea groups is 1. The van der Waals surface area contributed by atoms with Gasteiger partial charge in [0.25, 0.3) is 5.91 Å². The Bertz CT molecular complexity index is 851. The van der Waals surface area contributed by atoms with Gasteiger partial charge in [-0.25, -0.2) is 9.59 Å². The molecule has 1 aromatic heterocycles. The molecular weight excluding hydrogens is 384 g/mol. The smallest absolute Gasteiger partial charge is 0.344 e. The lowest BCUT2D eigenvalue weighted by Gasteiger charge is -2.17. The molecule has 2 rings (SSSR count). The number of nitrogens with zero attached hydrogens (tertiary/aromatic N) is 2. The van der Waals surface area contributed by atoms with Crippen LogP contribution >= 0.6 is 11.6 Å². The summed E-state index contributed by atoms with van der Waals surface area (Å²) < 4.78 is 6.98. The molecule has 0 saturated carbocycles. The number of nitrogens with one attached hydrogen (secondary N) is 2. The summed E-state index contributed by atoms with van der Waals surface area (Å²) in [6, 6.07) is 7.71. The minimum Gasteiger partial charge on any atom is -0.444 e. The number of hydrogen-bond acceptors (Lipinski definition) is 5. The van der Waals surface area contributed by atoms with Crippen LogP contribution in [-0.2, 0) is 16.1 Å². The van der Waals surface area contributed by atoms with Crippen molar-refractivity contribution >= 4 is 29.5 Å². The van der Waals surface area contributed by atoms with Crippen molar-refractivity contribution in [2.75, 3.05) is 7.05 Å². The zero-order chi connectivity index (χ0) is 20.7. The largest absolute Gasteiger partial charge is 0.444 e. The fraction of sp³-hybridized carbons (Fsp3) is 0.368. The van der Waals surface area contributed by atoms with Crippen molar-refractivity contribution < 1.29 is 19.1 Å². The number of carbonyl (C=O) groups excluding carboxylic acids is 3. The van der Waals surface area contributed by atoms with E-state index in [0.29, 0.717) is 17.8 Å². The van der Waals surface area contributed by atoms with Gasteiger partial charge in [-0.2, -0.15) is 5.10 Å². The highest BCUT2D eigenvalue weighted by molar-refractivity contribution is 6.32. The van der Waals surface area contributed by atoms with Crippen molar-refractivity contribution in [1.29, 1.82) is 0 Å². The summed E-state index contributed by atoms with van der Waals surface area (Å²) in [5.74, 6) is -1.56. The Labute approximate surface area is 168 Å². The van der Waals surface area contributed by atoms with Crippen molar-refractivity contribution in [3.05, 3.63) is 52.3 Å². The van der Waals surface area contributed by atoms with Gasteiger partial charge in [0.15, 0.2) is 0 Å². The first-order valence-corrected chi connectivity index (χ1v) is 9.28. The van der Waals surface area contributed by atoms with Gasteiger partial charge in [-0.1, -0.05) is 55.3 Å². The highest BCUT2D eigenvalue weighted by atomic mass is 35.5. The summed E-state index contributed by atoms with van der Waals surface area (Å²) in [5.41, 5.74) is 0.931. The fourth-order valence-corrected chi connectivity index (χ4v) is 2.88. The molecule has 0 spiro atoms. The Morgan fingerprint density at radius 1 is 1.25 bits per heavy atom. The third kappa shape index (κ3) is 5.10. The molecule has 1 atom stereocenters. The van der Waals surface area contributed by atoms with Crippen LogP contribution in [0.2, 0.25) is 5.15 Å². The summed E-state index contributed by atoms with van der Waals surface area (Å²) in [5, 5.41) is 8.85. The van der Waals surface area contributed by atoms with Gasteiger partial charge in [0.05, 0.1) is 5.69 Å². The molecular formula is C19H23ClN4O4. The lowest BCUT2D eigenvalue weighted by molar-refractivity contribution is -0.129. The molecule has 0 bridgehead atoms. The van der Waals surface area contributed by atoms with E-state index in [1.807, 2.05) is 6.92 Å². The second-order valence-corrected chi connectivity index (χ2v) is 6.45. The molecule has 0 fully saturated rings. The normalized spacial score (nSPS) is 11.6. The third-order valence-corrected chi connectivity index (χ3v) is 4.41. The summed E-state index contributed by atoms with van der Waals surface area (Å²) >= 11 is 6.31. The fourth-order valence-electron chi connectivity index (χ4n) is 2.55. The molecule has 0 aliphatic rings. The molecule has 150 valence electrons. The van der Waals surface area contributed by atoms with Gasteiger partial charge >= 0.3 is 12.0 Å². The Kier molecular flexibility index (Phi) is 7.57. The van der Waals surface area contributed by atoms with Gasteiger partial charge < -0.3 is 10.1 Å². The standard InChI is InChI=1S/C19H23ClN4O4/c1-4-5-11-24-16(20)14(12(2)23-24)18(26)28-15(13-9-7-6-8-10-13)17(25)22-19(27)21-3/h6-10,15H,4-5,11H2,1-3H3,(H2,21,22,25,27)/t15-/m1/s1. The summed E-state index contributed by atoms with van der Waals surface area (Å²) in [6.07, 6.45) is 0.488. The van der Waals surface area contributed by atoms with E-state index in [1.54, 1.807) is 41.9 Å². The minimum absolute atomic E-state index is 0.103. The van der Waals surface area contributed by atoms with Gasteiger partial charge in [0, 0.05) is 19.2 Å². The van der Waals surface area contributed by atoms with E-state index in [2.05, 4.69) is 15.7 Å². The van der Waals surface area contributed by atoms with Crippen molar-refractivity contribution in [3.63, 3.8) is 0 Å². The number of hydrogen-bond donors (Lipinski definition) is 2. The number of ether oxygens (including phenoxy) is 1. The van der Waals surface area contributed by atoms with Crippen LogP contribution < -0.4 is 10.6 Å². The van der Waals surface area contributed by atoms with E-state index in [-0.39, 0.29) is 10.7 Å². The first-order valence-electron chi connectivity index (χ1n) is 8.90. The highest BCUT2D eigenvalue weighted by Crippen LogP contribution is 2.25. The molecule has 0 unspecified atom stereocenters. The van der Waals surface area contributed by atoms with Crippen LogP contribution in [-0.4, -0.2) is 34.7 Å². The van der Waals surface area contributed by atoms with Gasteiger partial charge in [-0.15, -0.1) is 0 Å². The number of aromatic nitrogens is 2. The average Bonchev–Trinajstić information content (AvgIpc) is 2.97. The SMILES string of the molecule is CCCCn1nc(C)c(C(=O)O[C@@H](C(=O)NC(=O)NC)c2ccccc2)c1Cl. The molecule has 0 aliphatic carbocycles. The first-order chi connectivity index (χ1) is 13.4. The van der Waals surface area contributed by atoms with Crippen molar-refractivity contribution in [3.8, 4) is 0 Å². The number of benzene rings is 1. The van der Waals surface area contributed by atoms with Crippen LogP contribution in [0.3, 0.4) is 0 Å². The van der Waals surface area contributed by atoms with Crippen LogP contribution in [0.25, 0.3) is 0 Å². The van der Waals surface area contributed by atoms with Crippen LogP contribution in [0.1, 0.15) is 47.5 Å². The number of halogens is 1. The number of imide groups is 1. The number of carbonyl (C=O) groups is 3. The Morgan fingerprint density at radius 2 is 1.93 bits per heavy atom. The number of esters is 1. The lowest BCUT2D eigenvalue weighted by Crippen LogP contribution is -2.41. The maximum Gasteiger partial charge on any atom is 0.344 e. The molecule has 0 saturated heterocycles. The Balaban J connectivity index is 2.29. The maximum absolute atomic E-state index is 12.8. The number of amides is 3. The lowest BCUT2D eigenvalue weighted by atomic mass is 10.1. The maximum atomic E-state index is 12.8. The molecule has 8 nitrogen and oxygen atoms in total. The average molecular weight is 407 g/mol. The van der Waals surface area contributed by atoms with Gasteiger partial charge in [-0.05, 0) is 13.3 Å². The Morgan fingerprint density at radius 3 is 2.54 bits per heavy atom. The molecule has 3 amide bonds. The molecule has 0 aliphatic heterocycles. The van der Waals surface area contributed by atoms with Crippen LogP contribution in [0.15, 0.2) is 30.3 Å². The van der Waals surface area contributed by atoms with E-state index >= 15 is 0 Å². The van der Waals surface area contributed by atoms with Crippen molar-refractivity contribution in [2.24, 2.45) is 0 Å². The van der Waals surface area contributed by atoms with E-state index in [4.69, 9.17) is 16.3 Å². The molecule has 2 N–H and O–H groups in total. The molecule has 1 aromatic carbocycles. The summed E-state index contributed by atoms with van der Waals surface area (Å²) in [4.78, 5) is 36.8. The molecule has 28 heavy (non-hydrogen) atoms. The topological polar surface area (TPSA) is 102 Å². The van der Waals surface area contributed by atoms with Gasteiger partial charge in [0.1, 0.15) is 10.7 Å². The van der Waals surface area contributed by atoms with Crippen molar-refractivity contribution in [2.45, 2.75) is 39.3 Å². The zero-order valence-electron chi connectivity index (χ0n) is 16.0. The predicted octanol–water partition coefficient (Wildman–Crippen LogP) is 3.00.